The molecule has 0 spiro atoms. The minimum atomic E-state index is -0.383. The number of benzene rings is 2. The van der Waals surface area contributed by atoms with Crippen LogP contribution in [-0.4, -0.2) is 35.2 Å². The molecule has 0 aromatic heterocycles. The summed E-state index contributed by atoms with van der Waals surface area (Å²) in [5.74, 6) is -0.141. The van der Waals surface area contributed by atoms with Crippen LogP contribution in [0.5, 0.6) is 5.75 Å². The van der Waals surface area contributed by atoms with Crippen LogP contribution in [0.1, 0.15) is 25.5 Å². The minimum Gasteiger partial charge on any atom is -0.484 e. The summed E-state index contributed by atoms with van der Waals surface area (Å²) in [7, 11) is 0. The number of thioether (sulfide) groups is 1. The van der Waals surface area contributed by atoms with Gasteiger partial charge in [0.05, 0.1) is 23.9 Å². The second-order valence-electron chi connectivity index (χ2n) is 7.24. The lowest BCUT2D eigenvalue weighted by molar-refractivity contribution is -0.139. The molecule has 2 aromatic rings. The highest BCUT2D eigenvalue weighted by Crippen LogP contribution is 2.41. The molecule has 1 N–H and O–H groups in total. The molecule has 7 nitrogen and oxygen atoms in total. The third-order valence-corrected chi connectivity index (χ3v) is 6.00. The number of allylic oxidation sites excluding steroid dienone is 1. The molecule has 33 heavy (non-hydrogen) atoms. The summed E-state index contributed by atoms with van der Waals surface area (Å²) >= 11 is 7.44. The summed E-state index contributed by atoms with van der Waals surface area (Å²) in [5.41, 5.74) is 2.63. The zero-order valence-electron chi connectivity index (χ0n) is 18.1. The van der Waals surface area contributed by atoms with Crippen LogP contribution in [0.25, 0.3) is 0 Å². The smallest absolute Gasteiger partial charge is 0.338 e. The first-order valence-corrected chi connectivity index (χ1v) is 11.6. The zero-order valence-corrected chi connectivity index (χ0v) is 19.7. The Bertz CT molecular complexity index is 1160. The maximum atomic E-state index is 12.7. The van der Waals surface area contributed by atoms with Gasteiger partial charge in [0, 0.05) is 16.9 Å². The number of hydrogen-bond donors (Lipinski definition) is 1. The molecule has 0 aliphatic carbocycles. The fraction of sp³-hybridized carbons (Fsp3) is 0.208. The van der Waals surface area contributed by atoms with Crippen molar-refractivity contribution in [2.24, 2.45) is 4.99 Å². The molecule has 1 amide bonds. The van der Waals surface area contributed by atoms with Crippen LogP contribution < -0.4 is 10.1 Å². The summed E-state index contributed by atoms with van der Waals surface area (Å²) in [6.07, 6.45) is 1.91. The van der Waals surface area contributed by atoms with E-state index in [1.165, 1.54) is 11.8 Å². The van der Waals surface area contributed by atoms with Gasteiger partial charge >= 0.3 is 5.97 Å². The first kappa shape index (κ1) is 22.9. The SMILES string of the molecule is CCOC(=O)C1=C(C)N=C2SC=CN2C1c1ccc(OCC(=O)Nc2cccc(Cl)c2)cc1. The number of ether oxygens (including phenoxy) is 2. The van der Waals surface area contributed by atoms with Crippen LogP contribution >= 0.6 is 23.4 Å². The number of aliphatic imine (C=N–C) groups is 1. The number of amidine groups is 1. The standard InChI is InChI=1S/C24H22ClN3O4S/c1-3-31-23(30)21-15(2)26-24-28(11-12-33-24)22(21)16-7-9-19(10-8-16)32-14-20(29)27-18-6-4-5-17(25)13-18/h4-13,22H,3,14H2,1-2H3,(H,27,29). The number of carbonyl (C=O) groups excluding carboxylic acids is 2. The Labute approximate surface area is 201 Å². The number of halogens is 1. The van der Waals surface area contributed by atoms with Crippen molar-refractivity contribution in [3.63, 3.8) is 0 Å². The molecule has 9 heteroatoms. The maximum Gasteiger partial charge on any atom is 0.338 e. The Hall–Kier alpha value is -3.23. The highest BCUT2D eigenvalue weighted by Gasteiger charge is 2.37. The molecule has 2 aliphatic rings. The van der Waals surface area contributed by atoms with E-state index in [0.717, 1.165) is 10.7 Å². The summed E-state index contributed by atoms with van der Waals surface area (Å²) in [4.78, 5) is 31.4. The number of nitrogens with zero attached hydrogens (tertiary/aromatic N) is 2. The fourth-order valence-electron chi connectivity index (χ4n) is 3.56. The van der Waals surface area contributed by atoms with Crippen molar-refractivity contribution in [2.45, 2.75) is 19.9 Å². The molecular weight excluding hydrogens is 462 g/mol. The van der Waals surface area contributed by atoms with Crippen molar-refractivity contribution in [2.75, 3.05) is 18.5 Å². The van der Waals surface area contributed by atoms with Crippen molar-refractivity contribution in [1.82, 2.24) is 4.90 Å². The van der Waals surface area contributed by atoms with Crippen molar-refractivity contribution in [3.8, 4) is 5.75 Å². The number of rotatable bonds is 7. The molecule has 2 heterocycles. The predicted molar refractivity (Wildman–Crippen MR) is 130 cm³/mol. The van der Waals surface area contributed by atoms with Gasteiger partial charge in [-0.2, -0.15) is 0 Å². The van der Waals surface area contributed by atoms with E-state index in [2.05, 4.69) is 10.3 Å². The number of hydrogen-bond acceptors (Lipinski definition) is 7. The molecule has 4 rings (SSSR count). The van der Waals surface area contributed by atoms with Gasteiger partial charge in [-0.15, -0.1) is 0 Å². The van der Waals surface area contributed by atoms with Crippen LogP contribution in [0.2, 0.25) is 5.02 Å². The first-order chi connectivity index (χ1) is 16.0. The molecule has 2 aromatic carbocycles. The van der Waals surface area contributed by atoms with Crippen molar-refractivity contribution in [1.29, 1.82) is 0 Å². The van der Waals surface area contributed by atoms with Gasteiger partial charge in [-0.1, -0.05) is 41.6 Å². The minimum absolute atomic E-state index is 0.148. The highest BCUT2D eigenvalue weighted by atomic mass is 35.5. The van der Waals surface area contributed by atoms with Gasteiger partial charge in [0.2, 0.25) is 0 Å². The molecule has 0 bridgehead atoms. The Morgan fingerprint density at radius 1 is 1.21 bits per heavy atom. The number of carbonyl (C=O) groups is 2. The van der Waals surface area contributed by atoms with Gasteiger partial charge < -0.3 is 19.7 Å². The van der Waals surface area contributed by atoms with Crippen LogP contribution in [0.15, 0.2) is 76.4 Å². The van der Waals surface area contributed by atoms with Gasteiger partial charge in [0.15, 0.2) is 11.8 Å². The molecule has 1 atom stereocenters. The van der Waals surface area contributed by atoms with Crippen LogP contribution in [0.4, 0.5) is 5.69 Å². The molecule has 1 unspecified atom stereocenters. The Morgan fingerprint density at radius 3 is 2.73 bits per heavy atom. The van der Waals surface area contributed by atoms with E-state index in [4.69, 9.17) is 21.1 Å². The first-order valence-electron chi connectivity index (χ1n) is 10.3. The van der Waals surface area contributed by atoms with Crippen molar-refractivity contribution >= 4 is 46.1 Å². The largest absolute Gasteiger partial charge is 0.484 e. The van der Waals surface area contributed by atoms with E-state index < -0.39 is 0 Å². The van der Waals surface area contributed by atoms with Gasteiger partial charge in [-0.3, -0.25) is 4.79 Å². The molecule has 2 aliphatic heterocycles. The average molecular weight is 484 g/mol. The fourth-order valence-corrected chi connectivity index (χ4v) is 4.54. The quantitative estimate of drug-likeness (QED) is 0.550. The molecule has 0 saturated carbocycles. The van der Waals surface area contributed by atoms with E-state index in [-0.39, 0.29) is 31.1 Å². The summed E-state index contributed by atoms with van der Waals surface area (Å²) in [6, 6.07) is 13.9. The molecule has 170 valence electrons. The third-order valence-electron chi connectivity index (χ3n) is 4.99. The van der Waals surface area contributed by atoms with E-state index in [0.29, 0.717) is 27.7 Å². The molecule has 0 radical (unpaired) electrons. The molecule has 0 fully saturated rings. The van der Waals surface area contributed by atoms with Gasteiger partial charge in [0.25, 0.3) is 5.91 Å². The van der Waals surface area contributed by atoms with E-state index >= 15 is 0 Å². The van der Waals surface area contributed by atoms with Gasteiger partial charge in [-0.25, -0.2) is 9.79 Å². The van der Waals surface area contributed by atoms with Crippen LogP contribution in [0, 0.1) is 0 Å². The third kappa shape index (κ3) is 5.23. The van der Waals surface area contributed by atoms with Gasteiger partial charge in [0.1, 0.15) is 5.75 Å². The second-order valence-corrected chi connectivity index (χ2v) is 8.55. The lowest BCUT2D eigenvalue weighted by atomic mass is 9.95. The number of esters is 1. The van der Waals surface area contributed by atoms with Crippen LogP contribution in [-0.2, 0) is 14.3 Å². The maximum absolute atomic E-state index is 12.7. The van der Waals surface area contributed by atoms with E-state index in [1.807, 2.05) is 35.6 Å². The number of anilines is 1. The van der Waals surface area contributed by atoms with E-state index in [1.54, 1.807) is 43.3 Å². The highest BCUT2D eigenvalue weighted by molar-refractivity contribution is 8.16. The summed E-state index contributed by atoms with van der Waals surface area (Å²) in [6.45, 7) is 3.73. The average Bonchev–Trinajstić information content (AvgIpc) is 3.25. The van der Waals surface area contributed by atoms with Crippen molar-refractivity contribution in [3.05, 3.63) is 82.0 Å². The zero-order chi connectivity index (χ0) is 23.4. The lowest BCUT2D eigenvalue weighted by Gasteiger charge is -2.33. The summed E-state index contributed by atoms with van der Waals surface area (Å²) in [5, 5.41) is 6.02. The second kappa shape index (κ2) is 10.1. The Kier molecular flexibility index (Phi) is 7.05. The number of amides is 1. The normalized spacial score (nSPS) is 16.9. The molecular formula is C24H22ClN3O4S. The Balaban J connectivity index is 1.47. The summed E-state index contributed by atoms with van der Waals surface area (Å²) < 4.78 is 10.9. The van der Waals surface area contributed by atoms with Gasteiger partial charge in [-0.05, 0) is 55.2 Å². The number of nitrogens with one attached hydrogen (secondary N) is 1. The lowest BCUT2D eigenvalue weighted by Crippen LogP contribution is -2.34. The monoisotopic (exact) mass is 483 g/mol. The number of fused-ring (bicyclic) bond motifs is 1. The Morgan fingerprint density at radius 2 is 2.00 bits per heavy atom. The topological polar surface area (TPSA) is 80.2 Å². The van der Waals surface area contributed by atoms with Crippen LogP contribution in [0.3, 0.4) is 0 Å². The predicted octanol–water partition coefficient (Wildman–Crippen LogP) is 5.13. The molecule has 0 saturated heterocycles. The van der Waals surface area contributed by atoms with E-state index in [9.17, 15) is 9.59 Å². The van der Waals surface area contributed by atoms with Crippen molar-refractivity contribution < 1.29 is 19.1 Å².